The Labute approximate surface area is 183 Å². The van der Waals surface area contributed by atoms with Crippen LogP contribution in [0.3, 0.4) is 0 Å². The molecule has 2 aromatic carbocycles. The SMILES string of the molecule is N#Cc1c(N)nc(SCC(=O)NCc2ccccc2)c(C#N)c1-c1ccc(Cl)cc1. The van der Waals surface area contributed by atoms with Crippen LogP contribution in [0.1, 0.15) is 16.7 Å². The number of nitrogens with one attached hydrogen (secondary N) is 1. The number of aromatic nitrogens is 1. The van der Waals surface area contributed by atoms with Crippen LogP contribution in [0.2, 0.25) is 5.02 Å². The Morgan fingerprint density at radius 1 is 1.07 bits per heavy atom. The van der Waals surface area contributed by atoms with Gasteiger partial charge in [-0.1, -0.05) is 65.8 Å². The van der Waals surface area contributed by atoms with E-state index in [9.17, 15) is 15.3 Å². The lowest BCUT2D eigenvalue weighted by atomic mass is 9.97. The second-order valence-electron chi connectivity index (χ2n) is 6.21. The van der Waals surface area contributed by atoms with Crippen LogP contribution in [-0.4, -0.2) is 16.6 Å². The molecule has 3 rings (SSSR count). The van der Waals surface area contributed by atoms with Crippen molar-refractivity contribution in [2.45, 2.75) is 11.6 Å². The molecule has 0 aliphatic carbocycles. The number of nitrogens with zero attached hydrogens (tertiary/aromatic N) is 3. The van der Waals surface area contributed by atoms with Crippen LogP contribution in [0.15, 0.2) is 59.6 Å². The van der Waals surface area contributed by atoms with Gasteiger partial charge in [-0.2, -0.15) is 10.5 Å². The third-order valence-corrected chi connectivity index (χ3v) is 5.45. The number of amides is 1. The van der Waals surface area contributed by atoms with Gasteiger partial charge < -0.3 is 11.1 Å². The summed E-state index contributed by atoms with van der Waals surface area (Å²) in [5.74, 6) is -0.140. The van der Waals surface area contributed by atoms with Crippen molar-refractivity contribution in [2.24, 2.45) is 0 Å². The number of nitriles is 2. The average Bonchev–Trinajstić information content (AvgIpc) is 2.77. The van der Waals surface area contributed by atoms with E-state index in [1.54, 1.807) is 24.3 Å². The molecule has 8 heteroatoms. The summed E-state index contributed by atoms with van der Waals surface area (Å²) < 4.78 is 0. The summed E-state index contributed by atoms with van der Waals surface area (Å²) in [4.78, 5) is 16.4. The molecule has 0 unspecified atom stereocenters. The van der Waals surface area contributed by atoms with Crippen molar-refractivity contribution in [2.75, 3.05) is 11.5 Å². The number of thioether (sulfide) groups is 1. The van der Waals surface area contributed by atoms with E-state index < -0.39 is 0 Å². The standard InChI is InChI=1S/C22H16ClN5OS/c23-16-8-6-15(7-9-16)20-17(10-24)21(26)28-22(18(20)11-25)30-13-19(29)27-12-14-4-2-1-3-5-14/h1-9H,12-13H2,(H2,26,28)(H,27,29). The van der Waals surface area contributed by atoms with E-state index in [0.29, 0.717) is 27.7 Å². The van der Waals surface area contributed by atoms with Crippen LogP contribution in [0.4, 0.5) is 5.82 Å². The fourth-order valence-corrected chi connectivity index (χ4v) is 3.74. The number of hydrogen-bond donors (Lipinski definition) is 2. The lowest BCUT2D eigenvalue weighted by Gasteiger charge is -2.13. The molecule has 0 aliphatic rings. The van der Waals surface area contributed by atoms with Gasteiger partial charge >= 0.3 is 0 Å². The summed E-state index contributed by atoms with van der Waals surface area (Å²) in [6.45, 7) is 0.407. The Kier molecular flexibility index (Phi) is 6.92. The van der Waals surface area contributed by atoms with E-state index in [1.165, 1.54) is 0 Å². The van der Waals surface area contributed by atoms with Crippen molar-refractivity contribution in [1.29, 1.82) is 10.5 Å². The highest BCUT2D eigenvalue weighted by molar-refractivity contribution is 8.00. The molecule has 1 heterocycles. The highest BCUT2D eigenvalue weighted by Crippen LogP contribution is 2.35. The van der Waals surface area contributed by atoms with E-state index in [-0.39, 0.29) is 28.6 Å². The Morgan fingerprint density at radius 2 is 1.73 bits per heavy atom. The van der Waals surface area contributed by atoms with E-state index >= 15 is 0 Å². The van der Waals surface area contributed by atoms with Crippen molar-refractivity contribution in [3.63, 3.8) is 0 Å². The van der Waals surface area contributed by atoms with Gasteiger partial charge in [0.05, 0.1) is 11.3 Å². The molecule has 0 radical (unpaired) electrons. The predicted molar refractivity (Wildman–Crippen MR) is 118 cm³/mol. The monoisotopic (exact) mass is 433 g/mol. The topological polar surface area (TPSA) is 116 Å². The minimum Gasteiger partial charge on any atom is -0.383 e. The third-order valence-electron chi connectivity index (χ3n) is 4.22. The maximum Gasteiger partial charge on any atom is 0.230 e. The quantitative estimate of drug-likeness (QED) is 0.564. The zero-order valence-electron chi connectivity index (χ0n) is 15.7. The van der Waals surface area contributed by atoms with Crippen molar-refractivity contribution in [1.82, 2.24) is 10.3 Å². The van der Waals surface area contributed by atoms with Gasteiger partial charge in [-0.3, -0.25) is 4.79 Å². The van der Waals surface area contributed by atoms with E-state index in [0.717, 1.165) is 17.3 Å². The van der Waals surface area contributed by atoms with Crippen LogP contribution >= 0.6 is 23.4 Å². The first kappa shape index (κ1) is 21.2. The first-order valence-electron chi connectivity index (χ1n) is 8.86. The molecule has 0 spiro atoms. The molecule has 0 bridgehead atoms. The van der Waals surface area contributed by atoms with Crippen LogP contribution in [0, 0.1) is 22.7 Å². The first-order valence-corrected chi connectivity index (χ1v) is 10.2. The number of benzene rings is 2. The minimum atomic E-state index is -0.203. The minimum absolute atomic E-state index is 0.00800. The number of carbonyl (C=O) groups is 1. The predicted octanol–water partition coefficient (Wildman–Crippen LogP) is 4.14. The van der Waals surface area contributed by atoms with E-state index in [1.807, 2.05) is 36.4 Å². The van der Waals surface area contributed by atoms with E-state index in [4.69, 9.17) is 17.3 Å². The molecule has 0 saturated heterocycles. The molecule has 6 nitrogen and oxygen atoms in total. The maximum absolute atomic E-state index is 12.2. The number of anilines is 1. The Morgan fingerprint density at radius 3 is 2.37 bits per heavy atom. The largest absolute Gasteiger partial charge is 0.383 e. The van der Waals surface area contributed by atoms with Crippen molar-refractivity contribution in [3.05, 3.63) is 76.3 Å². The molecule has 0 fully saturated rings. The smallest absolute Gasteiger partial charge is 0.230 e. The summed E-state index contributed by atoms with van der Waals surface area (Å²) in [7, 11) is 0. The summed E-state index contributed by atoms with van der Waals surface area (Å²) >= 11 is 7.05. The second kappa shape index (κ2) is 9.80. The Bertz CT molecular complexity index is 1150. The van der Waals surface area contributed by atoms with Crippen molar-refractivity contribution < 1.29 is 4.79 Å². The first-order chi connectivity index (χ1) is 14.5. The molecule has 0 atom stereocenters. The number of carbonyl (C=O) groups excluding carboxylic acids is 1. The fourth-order valence-electron chi connectivity index (χ4n) is 2.79. The molecule has 148 valence electrons. The maximum atomic E-state index is 12.2. The molecule has 0 saturated carbocycles. The fraction of sp³-hybridized carbons (Fsp3) is 0.0909. The van der Waals surface area contributed by atoms with Gasteiger partial charge in [-0.05, 0) is 23.3 Å². The van der Waals surface area contributed by atoms with Crippen LogP contribution in [0.5, 0.6) is 0 Å². The zero-order valence-corrected chi connectivity index (χ0v) is 17.3. The number of rotatable bonds is 6. The molecule has 0 aliphatic heterocycles. The number of nitrogens with two attached hydrogens (primary N) is 1. The van der Waals surface area contributed by atoms with Gasteiger partial charge in [-0.25, -0.2) is 4.98 Å². The lowest BCUT2D eigenvalue weighted by molar-refractivity contribution is -0.118. The third kappa shape index (κ3) is 4.90. The van der Waals surface area contributed by atoms with E-state index in [2.05, 4.69) is 16.4 Å². The van der Waals surface area contributed by atoms with Crippen LogP contribution in [0.25, 0.3) is 11.1 Å². The van der Waals surface area contributed by atoms with Crippen molar-refractivity contribution >= 4 is 35.1 Å². The molecule has 3 N–H and O–H groups in total. The molecule has 1 amide bonds. The average molecular weight is 434 g/mol. The lowest BCUT2D eigenvalue weighted by Crippen LogP contribution is -2.24. The summed E-state index contributed by atoms with van der Waals surface area (Å²) in [6.07, 6.45) is 0. The summed E-state index contributed by atoms with van der Waals surface area (Å²) in [5, 5.41) is 23.0. The van der Waals surface area contributed by atoms with Gasteiger partial charge in [0, 0.05) is 17.1 Å². The Hall–Kier alpha value is -3.52. The van der Waals surface area contributed by atoms with Crippen molar-refractivity contribution in [3.8, 4) is 23.3 Å². The Balaban J connectivity index is 1.84. The van der Waals surface area contributed by atoms with Crippen LogP contribution < -0.4 is 11.1 Å². The summed E-state index contributed by atoms with van der Waals surface area (Å²) in [6, 6.07) is 20.4. The number of halogens is 1. The number of hydrogen-bond acceptors (Lipinski definition) is 6. The molecule has 3 aromatic rings. The molecule has 30 heavy (non-hydrogen) atoms. The van der Waals surface area contributed by atoms with Gasteiger partial charge in [0.1, 0.15) is 28.5 Å². The van der Waals surface area contributed by atoms with Crippen LogP contribution in [-0.2, 0) is 11.3 Å². The van der Waals surface area contributed by atoms with Gasteiger partial charge in [0.25, 0.3) is 0 Å². The second-order valence-corrected chi connectivity index (χ2v) is 7.61. The highest BCUT2D eigenvalue weighted by atomic mass is 35.5. The highest BCUT2D eigenvalue weighted by Gasteiger charge is 2.21. The van der Waals surface area contributed by atoms with Gasteiger partial charge in [0.2, 0.25) is 5.91 Å². The molecule has 1 aromatic heterocycles. The molecular weight excluding hydrogens is 418 g/mol. The van der Waals surface area contributed by atoms with Gasteiger partial charge in [-0.15, -0.1) is 0 Å². The zero-order chi connectivity index (χ0) is 21.5. The number of nitrogen functional groups attached to an aromatic ring is 1. The molecular formula is C22H16ClN5OS. The number of pyridine rings is 1. The summed E-state index contributed by atoms with van der Waals surface area (Å²) in [5.41, 5.74) is 8.29. The van der Waals surface area contributed by atoms with Gasteiger partial charge in [0.15, 0.2) is 0 Å². The normalized spacial score (nSPS) is 10.1.